The van der Waals surface area contributed by atoms with Gasteiger partial charge in [-0.25, -0.2) is 9.50 Å². The van der Waals surface area contributed by atoms with Gasteiger partial charge in [0.05, 0.1) is 6.20 Å². The number of nitrogens with one attached hydrogen (secondary N) is 1. The van der Waals surface area contributed by atoms with Crippen molar-refractivity contribution in [3.05, 3.63) is 83.3 Å². The van der Waals surface area contributed by atoms with E-state index in [-0.39, 0.29) is 0 Å². The summed E-state index contributed by atoms with van der Waals surface area (Å²) in [6.45, 7) is 7.85. The quantitative estimate of drug-likeness (QED) is 0.351. The van der Waals surface area contributed by atoms with E-state index in [9.17, 15) is 4.79 Å². The van der Waals surface area contributed by atoms with Crippen LogP contribution in [0.1, 0.15) is 29.9 Å². The SMILES string of the molecule is CCN(CC)CCc1ccccc1NC.O=Cc1ccn2ncc(-c3cccc(Cl)c3)c2n1. The Hall–Kier alpha value is -3.22. The molecule has 0 radical (unpaired) electrons. The Morgan fingerprint density at radius 2 is 1.88 bits per heavy atom. The number of para-hydroxylation sites is 1. The molecule has 0 aliphatic carbocycles. The molecule has 0 saturated carbocycles. The first-order valence-corrected chi connectivity index (χ1v) is 11.5. The van der Waals surface area contributed by atoms with Gasteiger partial charge in [0.2, 0.25) is 0 Å². The summed E-state index contributed by atoms with van der Waals surface area (Å²) in [4.78, 5) is 17.5. The van der Waals surface area contributed by atoms with Crippen LogP contribution in [0.3, 0.4) is 0 Å². The van der Waals surface area contributed by atoms with Crippen molar-refractivity contribution in [2.45, 2.75) is 20.3 Å². The van der Waals surface area contributed by atoms with Crippen LogP contribution < -0.4 is 5.32 Å². The van der Waals surface area contributed by atoms with Crippen molar-refractivity contribution in [1.82, 2.24) is 19.5 Å². The molecule has 0 atom stereocenters. The molecule has 7 heteroatoms. The van der Waals surface area contributed by atoms with Crippen molar-refractivity contribution in [2.75, 3.05) is 32.0 Å². The van der Waals surface area contributed by atoms with Crippen LogP contribution in [-0.4, -0.2) is 52.5 Å². The summed E-state index contributed by atoms with van der Waals surface area (Å²) in [6, 6.07) is 17.6. The van der Waals surface area contributed by atoms with E-state index < -0.39 is 0 Å². The van der Waals surface area contributed by atoms with Crippen molar-refractivity contribution in [3.63, 3.8) is 0 Å². The molecule has 4 rings (SSSR count). The maximum atomic E-state index is 10.8. The highest BCUT2D eigenvalue weighted by Gasteiger charge is 2.09. The second-order valence-corrected chi connectivity index (χ2v) is 7.93. The lowest BCUT2D eigenvalue weighted by Gasteiger charge is -2.18. The van der Waals surface area contributed by atoms with Gasteiger partial charge in [0.25, 0.3) is 0 Å². The first-order chi connectivity index (χ1) is 16.1. The van der Waals surface area contributed by atoms with Crippen LogP contribution in [0.4, 0.5) is 5.69 Å². The maximum absolute atomic E-state index is 10.8. The molecule has 4 aromatic rings. The van der Waals surface area contributed by atoms with Gasteiger partial charge in [0.15, 0.2) is 11.9 Å². The monoisotopic (exact) mass is 463 g/mol. The molecule has 0 spiro atoms. The minimum absolute atomic E-state index is 0.381. The van der Waals surface area contributed by atoms with Gasteiger partial charge in [-0.2, -0.15) is 5.10 Å². The predicted octanol–water partition coefficient (Wildman–Crippen LogP) is 5.47. The smallest absolute Gasteiger partial charge is 0.168 e. The number of hydrogen-bond acceptors (Lipinski definition) is 5. The first kappa shape index (κ1) is 24.4. The van der Waals surface area contributed by atoms with E-state index in [1.165, 1.54) is 11.3 Å². The molecule has 0 unspecified atom stereocenters. The Kier molecular flexibility index (Phi) is 8.98. The number of benzene rings is 2. The van der Waals surface area contributed by atoms with Gasteiger partial charge in [0.1, 0.15) is 5.69 Å². The Balaban J connectivity index is 0.000000190. The molecule has 2 aromatic carbocycles. The van der Waals surface area contributed by atoms with Crippen molar-refractivity contribution in [2.24, 2.45) is 0 Å². The van der Waals surface area contributed by atoms with E-state index >= 15 is 0 Å². The minimum atomic E-state index is 0.381. The average Bonchev–Trinajstić information content (AvgIpc) is 3.28. The Labute approximate surface area is 200 Å². The van der Waals surface area contributed by atoms with E-state index in [1.807, 2.05) is 25.2 Å². The zero-order chi connectivity index (χ0) is 23.6. The fourth-order valence-corrected chi connectivity index (χ4v) is 3.80. The molecule has 6 nitrogen and oxygen atoms in total. The largest absolute Gasteiger partial charge is 0.388 e. The molecule has 0 saturated heterocycles. The zero-order valence-electron chi connectivity index (χ0n) is 19.3. The number of carbonyl (C=O) groups excluding carboxylic acids is 1. The molecule has 0 bridgehead atoms. The Morgan fingerprint density at radius 3 is 2.58 bits per heavy atom. The lowest BCUT2D eigenvalue weighted by molar-refractivity contribution is 0.111. The third-order valence-electron chi connectivity index (χ3n) is 5.53. The number of likely N-dealkylation sites (N-methyl/N-ethyl adjacent to an activating group) is 1. The minimum Gasteiger partial charge on any atom is -0.388 e. The van der Waals surface area contributed by atoms with E-state index in [4.69, 9.17) is 11.6 Å². The molecule has 1 N–H and O–H groups in total. The summed E-state index contributed by atoms with van der Waals surface area (Å²) < 4.78 is 1.63. The Morgan fingerprint density at radius 1 is 1.09 bits per heavy atom. The number of aldehydes is 1. The standard InChI is InChI=1S/C13H8ClN3O.C13H22N2/c14-10-3-1-2-9(6-10)12-7-15-17-5-4-11(8-18)16-13(12)17;1-4-15(5-2)11-10-12-8-6-7-9-13(12)14-3/h1-8H;6-9,14H,4-5,10-11H2,1-3H3. The fraction of sp³-hybridized carbons (Fsp3) is 0.269. The van der Waals surface area contributed by atoms with Crippen molar-refractivity contribution in [1.29, 1.82) is 0 Å². The number of hydrogen-bond donors (Lipinski definition) is 1. The summed E-state index contributed by atoms with van der Waals surface area (Å²) in [6.07, 6.45) is 5.26. The van der Waals surface area contributed by atoms with Gasteiger partial charge < -0.3 is 10.2 Å². The normalized spacial score (nSPS) is 10.7. The van der Waals surface area contributed by atoms with Gasteiger partial charge in [0, 0.05) is 36.1 Å². The first-order valence-electron chi connectivity index (χ1n) is 11.1. The van der Waals surface area contributed by atoms with Crippen LogP contribution >= 0.6 is 11.6 Å². The predicted molar refractivity (Wildman–Crippen MR) is 136 cm³/mol. The van der Waals surface area contributed by atoms with Crippen molar-refractivity contribution in [3.8, 4) is 11.1 Å². The van der Waals surface area contributed by atoms with E-state index in [1.54, 1.807) is 29.0 Å². The molecule has 0 aliphatic heterocycles. The summed E-state index contributed by atoms with van der Waals surface area (Å²) in [5.41, 5.74) is 5.46. The molecule has 0 fully saturated rings. The fourth-order valence-electron chi connectivity index (χ4n) is 3.61. The van der Waals surface area contributed by atoms with Crippen molar-refractivity contribution < 1.29 is 4.79 Å². The average molecular weight is 464 g/mol. The van der Waals surface area contributed by atoms with Gasteiger partial charge in [-0.05, 0) is 54.9 Å². The molecular weight excluding hydrogens is 434 g/mol. The molecular formula is C26H30ClN5O. The highest BCUT2D eigenvalue weighted by Crippen LogP contribution is 2.25. The molecule has 33 heavy (non-hydrogen) atoms. The summed E-state index contributed by atoms with van der Waals surface area (Å²) in [5.74, 6) is 0. The highest BCUT2D eigenvalue weighted by molar-refractivity contribution is 6.30. The van der Waals surface area contributed by atoms with Crippen LogP contribution in [0.15, 0.2) is 67.0 Å². The van der Waals surface area contributed by atoms with Crippen molar-refractivity contribution >= 4 is 29.2 Å². The van der Waals surface area contributed by atoms with Crippen LogP contribution in [-0.2, 0) is 6.42 Å². The third kappa shape index (κ3) is 6.40. The number of fused-ring (bicyclic) bond motifs is 1. The number of halogens is 1. The molecule has 0 aliphatic rings. The second kappa shape index (κ2) is 12.1. The summed E-state index contributed by atoms with van der Waals surface area (Å²) in [5, 5.41) is 8.08. The number of nitrogens with zero attached hydrogens (tertiary/aromatic N) is 4. The van der Waals surface area contributed by atoms with Gasteiger partial charge >= 0.3 is 0 Å². The number of anilines is 1. The zero-order valence-corrected chi connectivity index (χ0v) is 20.1. The molecule has 0 amide bonds. The van der Waals surface area contributed by atoms with E-state index in [0.717, 1.165) is 43.5 Å². The highest BCUT2D eigenvalue weighted by atomic mass is 35.5. The van der Waals surface area contributed by atoms with Crippen LogP contribution in [0, 0.1) is 0 Å². The Bertz CT molecular complexity index is 1190. The van der Waals surface area contributed by atoms with Gasteiger partial charge in [-0.15, -0.1) is 0 Å². The van der Waals surface area contributed by atoms with Crippen LogP contribution in [0.25, 0.3) is 16.8 Å². The topological polar surface area (TPSA) is 62.5 Å². The van der Waals surface area contributed by atoms with Crippen LogP contribution in [0.5, 0.6) is 0 Å². The molecule has 172 valence electrons. The number of rotatable bonds is 8. The second-order valence-electron chi connectivity index (χ2n) is 7.49. The van der Waals surface area contributed by atoms with E-state index in [2.05, 4.69) is 58.4 Å². The van der Waals surface area contributed by atoms with E-state index in [0.29, 0.717) is 16.4 Å². The number of carbonyl (C=O) groups is 1. The molecule has 2 heterocycles. The van der Waals surface area contributed by atoms with Crippen LogP contribution in [0.2, 0.25) is 5.02 Å². The molecule has 2 aromatic heterocycles. The lowest BCUT2D eigenvalue weighted by Crippen LogP contribution is -2.25. The van der Waals surface area contributed by atoms with Gasteiger partial charge in [-0.1, -0.05) is 55.8 Å². The summed E-state index contributed by atoms with van der Waals surface area (Å²) in [7, 11) is 1.98. The van der Waals surface area contributed by atoms with Gasteiger partial charge in [-0.3, -0.25) is 4.79 Å². The summed E-state index contributed by atoms with van der Waals surface area (Å²) >= 11 is 5.97. The maximum Gasteiger partial charge on any atom is 0.168 e. The third-order valence-corrected chi connectivity index (χ3v) is 5.76. The number of aromatic nitrogens is 3. The lowest BCUT2D eigenvalue weighted by atomic mass is 10.1.